The lowest BCUT2D eigenvalue weighted by Gasteiger charge is -2.08. The first-order chi connectivity index (χ1) is 9.71. The Morgan fingerprint density at radius 2 is 1.90 bits per heavy atom. The molecule has 20 heavy (non-hydrogen) atoms. The van der Waals surface area contributed by atoms with Crippen LogP contribution in [0.25, 0.3) is 0 Å². The van der Waals surface area contributed by atoms with Crippen molar-refractivity contribution in [3.05, 3.63) is 16.1 Å². The number of thiazole rings is 1. The smallest absolute Gasteiger partial charge is 0.322 e. The minimum atomic E-state index is 0.294. The summed E-state index contributed by atoms with van der Waals surface area (Å²) in [4.78, 5) is 16.9. The van der Waals surface area contributed by atoms with E-state index in [-0.39, 0.29) is 0 Å². The van der Waals surface area contributed by atoms with Gasteiger partial charge in [0.2, 0.25) is 11.9 Å². The molecule has 0 aliphatic heterocycles. The molecule has 0 spiro atoms. The van der Waals surface area contributed by atoms with E-state index < -0.39 is 0 Å². The van der Waals surface area contributed by atoms with Crippen LogP contribution < -0.4 is 15.4 Å². The van der Waals surface area contributed by atoms with Gasteiger partial charge in [-0.05, 0) is 13.8 Å². The lowest BCUT2D eigenvalue weighted by atomic mass is 10.3. The van der Waals surface area contributed by atoms with Gasteiger partial charge < -0.3 is 15.4 Å². The van der Waals surface area contributed by atoms with E-state index in [1.807, 2.05) is 13.8 Å². The van der Waals surface area contributed by atoms with Crippen LogP contribution in [-0.4, -0.2) is 40.1 Å². The first kappa shape index (κ1) is 14.4. The van der Waals surface area contributed by atoms with Crippen LogP contribution in [0.15, 0.2) is 5.38 Å². The van der Waals surface area contributed by atoms with Crippen LogP contribution in [0.2, 0.25) is 0 Å². The highest BCUT2D eigenvalue weighted by Crippen LogP contribution is 2.11. The Morgan fingerprint density at radius 1 is 1.15 bits per heavy atom. The monoisotopic (exact) mass is 294 g/mol. The Hall–Kier alpha value is -1.96. The molecular weight excluding hydrogens is 276 g/mol. The molecule has 0 unspecified atom stereocenters. The first-order valence-corrected chi connectivity index (χ1v) is 7.28. The molecule has 2 aromatic rings. The number of methoxy groups -OCH3 is 1. The SMILES string of the molecule is CCNc1nc(NCCc2csc(C)n2)nc(OC)n1. The summed E-state index contributed by atoms with van der Waals surface area (Å²) in [5, 5.41) is 9.34. The maximum atomic E-state index is 5.06. The van der Waals surface area contributed by atoms with Crippen molar-refractivity contribution >= 4 is 23.2 Å². The summed E-state index contributed by atoms with van der Waals surface area (Å²) in [6.07, 6.45) is 0.828. The van der Waals surface area contributed by atoms with Crippen molar-refractivity contribution in [2.45, 2.75) is 20.3 Å². The van der Waals surface area contributed by atoms with Gasteiger partial charge in [-0.2, -0.15) is 15.0 Å². The van der Waals surface area contributed by atoms with Gasteiger partial charge in [-0.15, -0.1) is 11.3 Å². The lowest BCUT2D eigenvalue weighted by molar-refractivity contribution is 0.379. The van der Waals surface area contributed by atoms with E-state index in [1.165, 1.54) is 7.11 Å². The van der Waals surface area contributed by atoms with Gasteiger partial charge in [-0.25, -0.2) is 4.98 Å². The van der Waals surface area contributed by atoms with Gasteiger partial charge in [-0.1, -0.05) is 0 Å². The van der Waals surface area contributed by atoms with E-state index in [0.29, 0.717) is 24.5 Å². The second kappa shape index (κ2) is 6.99. The molecule has 0 fully saturated rings. The molecule has 2 heterocycles. The summed E-state index contributed by atoms with van der Waals surface area (Å²) in [7, 11) is 1.53. The Kier molecular flexibility index (Phi) is 5.05. The van der Waals surface area contributed by atoms with Crippen molar-refractivity contribution < 1.29 is 4.74 Å². The highest BCUT2D eigenvalue weighted by molar-refractivity contribution is 7.09. The first-order valence-electron chi connectivity index (χ1n) is 6.40. The highest BCUT2D eigenvalue weighted by Gasteiger charge is 2.06. The van der Waals surface area contributed by atoms with Crippen LogP contribution in [-0.2, 0) is 6.42 Å². The summed E-state index contributed by atoms with van der Waals surface area (Å²) in [5.74, 6) is 1.01. The summed E-state index contributed by atoms with van der Waals surface area (Å²) in [5.41, 5.74) is 1.08. The van der Waals surface area contributed by atoms with Crippen LogP contribution in [0, 0.1) is 6.92 Å². The number of ether oxygens (including phenoxy) is 1. The number of aryl methyl sites for hydroxylation is 1. The number of hydrogen-bond donors (Lipinski definition) is 2. The standard InChI is InChI=1S/C12H18N6OS/c1-4-13-10-16-11(18-12(17-10)19-3)14-6-5-9-7-20-8(2)15-9/h7H,4-6H2,1-3H3,(H2,13,14,16,17,18). The quantitative estimate of drug-likeness (QED) is 0.804. The van der Waals surface area contributed by atoms with Gasteiger partial charge in [-0.3, -0.25) is 0 Å². The number of rotatable bonds is 7. The van der Waals surface area contributed by atoms with E-state index in [4.69, 9.17) is 4.74 Å². The zero-order valence-corrected chi connectivity index (χ0v) is 12.6. The normalized spacial score (nSPS) is 10.3. The van der Waals surface area contributed by atoms with Crippen molar-refractivity contribution in [3.8, 4) is 6.01 Å². The predicted molar refractivity (Wildman–Crippen MR) is 79.6 cm³/mol. The molecule has 0 bridgehead atoms. The molecule has 0 saturated heterocycles. The van der Waals surface area contributed by atoms with E-state index in [0.717, 1.165) is 23.7 Å². The van der Waals surface area contributed by atoms with Crippen molar-refractivity contribution in [1.82, 2.24) is 19.9 Å². The second-order valence-electron chi connectivity index (χ2n) is 4.03. The molecule has 0 radical (unpaired) electrons. The molecule has 2 rings (SSSR count). The fraction of sp³-hybridized carbons (Fsp3) is 0.500. The Bertz CT molecular complexity index is 559. The Labute approximate surface area is 121 Å². The molecule has 0 saturated carbocycles. The van der Waals surface area contributed by atoms with Gasteiger partial charge in [0.1, 0.15) is 0 Å². The molecular formula is C12H18N6OS. The highest BCUT2D eigenvalue weighted by atomic mass is 32.1. The van der Waals surface area contributed by atoms with Gasteiger partial charge in [0.05, 0.1) is 17.8 Å². The minimum Gasteiger partial charge on any atom is -0.467 e. The fourth-order valence-electron chi connectivity index (χ4n) is 1.59. The molecule has 0 aliphatic rings. The third-order valence-corrected chi connectivity index (χ3v) is 3.29. The second-order valence-corrected chi connectivity index (χ2v) is 5.10. The van der Waals surface area contributed by atoms with Crippen molar-refractivity contribution in [1.29, 1.82) is 0 Å². The molecule has 0 aromatic carbocycles. The Morgan fingerprint density at radius 3 is 2.50 bits per heavy atom. The number of aromatic nitrogens is 4. The topological polar surface area (TPSA) is 84.9 Å². The molecule has 7 nitrogen and oxygen atoms in total. The number of nitrogens with zero attached hydrogens (tertiary/aromatic N) is 4. The number of anilines is 2. The van der Waals surface area contributed by atoms with Crippen LogP contribution in [0.1, 0.15) is 17.6 Å². The third-order valence-electron chi connectivity index (χ3n) is 2.46. The van der Waals surface area contributed by atoms with E-state index in [9.17, 15) is 0 Å². The molecule has 2 N–H and O–H groups in total. The molecule has 0 amide bonds. The summed E-state index contributed by atoms with van der Waals surface area (Å²) in [6.45, 7) is 5.43. The summed E-state index contributed by atoms with van der Waals surface area (Å²) in [6, 6.07) is 0.294. The molecule has 0 aliphatic carbocycles. The lowest BCUT2D eigenvalue weighted by Crippen LogP contribution is -2.12. The largest absolute Gasteiger partial charge is 0.467 e. The zero-order valence-electron chi connectivity index (χ0n) is 11.8. The maximum Gasteiger partial charge on any atom is 0.322 e. The summed E-state index contributed by atoms with van der Waals surface area (Å²) < 4.78 is 5.06. The average Bonchev–Trinajstić information content (AvgIpc) is 2.84. The summed E-state index contributed by atoms with van der Waals surface area (Å²) >= 11 is 1.66. The van der Waals surface area contributed by atoms with Crippen molar-refractivity contribution in [2.75, 3.05) is 30.8 Å². The van der Waals surface area contributed by atoms with Crippen LogP contribution >= 0.6 is 11.3 Å². The predicted octanol–water partition coefficient (Wildman–Crippen LogP) is 1.73. The minimum absolute atomic E-state index is 0.294. The zero-order chi connectivity index (χ0) is 14.4. The van der Waals surface area contributed by atoms with Crippen molar-refractivity contribution in [3.63, 3.8) is 0 Å². The van der Waals surface area contributed by atoms with Crippen molar-refractivity contribution in [2.24, 2.45) is 0 Å². The molecule has 108 valence electrons. The molecule has 8 heteroatoms. The number of hydrogen-bond acceptors (Lipinski definition) is 8. The van der Waals surface area contributed by atoms with E-state index >= 15 is 0 Å². The fourth-order valence-corrected chi connectivity index (χ4v) is 2.24. The molecule has 2 aromatic heterocycles. The van der Waals surface area contributed by atoms with E-state index in [1.54, 1.807) is 11.3 Å². The van der Waals surface area contributed by atoms with Crippen LogP contribution in [0.5, 0.6) is 6.01 Å². The average molecular weight is 294 g/mol. The van der Waals surface area contributed by atoms with Gasteiger partial charge in [0.25, 0.3) is 0 Å². The maximum absolute atomic E-state index is 5.06. The number of nitrogens with one attached hydrogen (secondary N) is 2. The van der Waals surface area contributed by atoms with Gasteiger partial charge in [0.15, 0.2) is 0 Å². The van der Waals surface area contributed by atoms with Gasteiger partial charge >= 0.3 is 6.01 Å². The van der Waals surface area contributed by atoms with Gasteiger partial charge in [0, 0.05) is 24.9 Å². The Balaban J connectivity index is 1.95. The third kappa shape index (κ3) is 4.02. The van der Waals surface area contributed by atoms with Crippen LogP contribution in [0.4, 0.5) is 11.9 Å². The van der Waals surface area contributed by atoms with E-state index in [2.05, 4.69) is 35.9 Å². The van der Waals surface area contributed by atoms with Crippen LogP contribution in [0.3, 0.4) is 0 Å². The molecule has 0 atom stereocenters.